The van der Waals surface area contributed by atoms with Gasteiger partial charge >= 0.3 is 0 Å². The molecule has 11 heavy (non-hydrogen) atoms. The van der Waals surface area contributed by atoms with Crippen LogP contribution < -0.4 is 0 Å². The maximum absolute atomic E-state index is 9.20. The third-order valence-electron chi connectivity index (χ3n) is 1.18. The van der Waals surface area contributed by atoms with Gasteiger partial charge in [0, 0.05) is 3.57 Å². The molecule has 2 nitrogen and oxygen atoms in total. The van der Waals surface area contributed by atoms with Crippen LogP contribution in [-0.4, -0.2) is 5.11 Å². The first kappa shape index (κ1) is 9.06. The maximum Gasteiger partial charge on any atom is 0.130 e. The van der Waals surface area contributed by atoms with E-state index in [-0.39, 0.29) is 5.75 Å². The van der Waals surface area contributed by atoms with Crippen LogP contribution in [0.25, 0.3) is 0 Å². The van der Waals surface area contributed by atoms with Crippen LogP contribution in [0.5, 0.6) is 5.75 Å². The molecule has 0 saturated heterocycles. The third kappa shape index (κ3) is 1.76. The topological polar surface area (TPSA) is 44.0 Å². The molecule has 1 aromatic carbocycles. The molecule has 1 N–H and O–H groups in total. The molecule has 4 heteroatoms. The number of aromatic hydroxyl groups is 1. The molecule has 0 aliphatic heterocycles. The zero-order valence-electron chi connectivity index (χ0n) is 5.31. The van der Waals surface area contributed by atoms with Gasteiger partial charge in [-0.25, -0.2) is 0 Å². The van der Waals surface area contributed by atoms with E-state index in [9.17, 15) is 5.11 Å². The van der Waals surface area contributed by atoms with Crippen molar-refractivity contribution in [2.75, 3.05) is 0 Å². The highest BCUT2D eigenvalue weighted by Crippen LogP contribution is 2.26. The maximum atomic E-state index is 9.20. The number of hydrogen-bond donors (Lipinski definition) is 1. The van der Waals surface area contributed by atoms with E-state index in [0.717, 1.165) is 7.14 Å². The van der Waals surface area contributed by atoms with E-state index in [1.165, 1.54) is 6.07 Å². The van der Waals surface area contributed by atoms with Crippen molar-refractivity contribution in [2.24, 2.45) is 0 Å². The molecule has 0 radical (unpaired) electrons. The minimum Gasteiger partial charge on any atom is -0.507 e. The minimum atomic E-state index is 0.231. The van der Waals surface area contributed by atoms with E-state index < -0.39 is 0 Å². The van der Waals surface area contributed by atoms with Crippen LogP contribution in [0.3, 0.4) is 0 Å². The Morgan fingerprint density at radius 1 is 1.27 bits per heavy atom. The fourth-order valence-corrected chi connectivity index (χ4v) is 1.67. The number of benzene rings is 1. The highest BCUT2D eigenvalue weighted by molar-refractivity contribution is 14.1. The third-order valence-corrected chi connectivity index (χ3v) is 4.43. The predicted molar refractivity (Wildman–Crippen MR) is 58.3 cm³/mol. The Morgan fingerprint density at radius 2 is 1.91 bits per heavy atom. The average Bonchev–Trinajstić information content (AvgIpc) is 2.01. The van der Waals surface area contributed by atoms with E-state index in [2.05, 4.69) is 0 Å². The largest absolute Gasteiger partial charge is 0.507 e. The van der Waals surface area contributed by atoms with Crippen molar-refractivity contribution in [2.45, 2.75) is 0 Å². The van der Waals surface area contributed by atoms with Gasteiger partial charge in [-0.1, -0.05) is 0 Å². The fourth-order valence-electron chi connectivity index (χ4n) is 0.626. The van der Waals surface area contributed by atoms with Crippen molar-refractivity contribution in [3.05, 3.63) is 24.8 Å². The van der Waals surface area contributed by atoms with E-state index in [1.54, 1.807) is 6.07 Å². The van der Waals surface area contributed by atoms with Gasteiger partial charge < -0.3 is 5.11 Å². The summed E-state index contributed by atoms with van der Waals surface area (Å²) in [4.78, 5) is 0. The Bertz CT molecular complexity index is 330. The van der Waals surface area contributed by atoms with Crippen molar-refractivity contribution in [1.82, 2.24) is 0 Å². The molecule has 0 bridgehead atoms. The predicted octanol–water partition coefficient (Wildman–Crippen LogP) is 2.47. The van der Waals surface area contributed by atoms with Gasteiger partial charge in [0.05, 0.1) is 9.13 Å². The molecule has 0 aromatic heterocycles. The first-order chi connectivity index (χ1) is 5.16. The molecular formula is C7H3I2NO. The molecule has 0 atom stereocenters. The Labute approximate surface area is 91.5 Å². The molecule has 1 rings (SSSR count). The second kappa shape index (κ2) is 3.58. The Morgan fingerprint density at radius 3 is 2.45 bits per heavy atom. The van der Waals surface area contributed by atoms with Crippen molar-refractivity contribution in [3.8, 4) is 11.8 Å². The number of rotatable bonds is 0. The van der Waals surface area contributed by atoms with E-state index >= 15 is 0 Å². The quantitative estimate of drug-likeness (QED) is 0.713. The summed E-state index contributed by atoms with van der Waals surface area (Å²) in [6.45, 7) is 0. The Balaban J connectivity index is 3.40. The zero-order valence-corrected chi connectivity index (χ0v) is 9.62. The highest BCUT2D eigenvalue weighted by atomic mass is 127. The van der Waals surface area contributed by atoms with Crippen LogP contribution in [0, 0.1) is 18.5 Å². The first-order valence-electron chi connectivity index (χ1n) is 2.74. The van der Waals surface area contributed by atoms with Gasteiger partial charge in [0.25, 0.3) is 0 Å². The van der Waals surface area contributed by atoms with E-state index in [1.807, 2.05) is 51.3 Å². The SMILES string of the molecule is N#Cc1ccc(O)c(I)c1I. The molecule has 0 unspecified atom stereocenters. The Kier molecular flexibility index (Phi) is 2.95. The van der Waals surface area contributed by atoms with Crippen LogP contribution in [0.15, 0.2) is 12.1 Å². The number of nitriles is 1. The van der Waals surface area contributed by atoms with Crippen LogP contribution in [0.2, 0.25) is 0 Å². The lowest BCUT2D eigenvalue weighted by atomic mass is 10.2. The zero-order chi connectivity index (χ0) is 8.43. The molecule has 0 fully saturated rings. The molecule has 1 aromatic rings. The summed E-state index contributed by atoms with van der Waals surface area (Å²) in [5, 5.41) is 17.8. The van der Waals surface area contributed by atoms with Crippen LogP contribution >= 0.6 is 45.2 Å². The summed E-state index contributed by atoms with van der Waals surface area (Å²) in [7, 11) is 0. The van der Waals surface area contributed by atoms with Gasteiger partial charge in [-0.2, -0.15) is 5.26 Å². The van der Waals surface area contributed by atoms with Crippen molar-refractivity contribution in [3.63, 3.8) is 0 Å². The lowest BCUT2D eigenvalue weighted by Gasteiger charge is -2.00. The van der Waals surface area contributed by atoms with E-state index in [4.69, 9.17) is 5.26 Å². The fraction of sp³-hybridized carbons (Fsp3) is 0. The number of phenolic OH excluding ortho intramolecular Hbond substituents is 1. The van der Waals surface area contributed by atoms with Gasteiger partial charge in [-0.3, -0.25) is 0 Å². The van der Waals surface area contributed by atoms with Gasteiger partial charge in [-0.15, -0.1) is 0 Å². The second-order valence-corrected chi connectivity index (χ2v) is 4.03. The van der Waals surface area contributed by atoms with Crippen LogP contribution in [0.1, 0.15) is 5.56 Å². The van der Waals surface area contributed by atoms with Gasteiger partial charge in [-0.05, 0) is 57.3 Å². The smallest absolute Gasteiger partial charge is 0.130 e. The van der Waals surface area contributed by atoms with Crippen molar-refractivity contribution < 1.29 is 5.11 Å². The summed E-state index contributed by atoms with van der Waals surface area (Å²) >= 11 is 4.05. The molecular weight excluding hydrogens is 368 g/mol. The first-order valence-corrected chi connectivity index (χ1v) is 4.89. The summed E-state index contributed by atoms with van der Waals surface area (Å²) in [5.74, 6) is 0.231. The summed E-state index contributed by atoms with van der Waals surface area (Å²) in [6.07, 6.45) is 0. The molecule has 0 spiro atoms. The Hall–Kier alpha value is -0.0300. The monoisotopic (exact) mass is 371 g/mol. The molecule has 0 saturated carbocycles. The van der Waals surface area contributed by atoms with Gasteiger partial charge in [0.15, 0.2) is 0 Å². The lowest BCUT2D eigenvalue weighted by molar-refractivity contribution is 0.471. The molecule has 0 aliphatic carbocycles. The minimum absolute atomic E-state index is 0.231. The number of nitrogens with zero attached hydrogens (tertiary/aromatic N) is 1. The standard InChI is InChI=1S/C7H3I2NO/c8-6-4(3-10)1-2-5(11)7(6)9/h1-2,11H. The van der Waals surface area contributed by atoms with Crippen LogP contribution in [0.4, 0.5) is 0 Å². The number of halogens is 2. The molecule has 0 heterocycles. The van der Waals surface area contributed by atoms with Crippen LogP contribution in [-0.2, 0) is 0 Å². The summed E-state index contributed by atoms with van der Waals surface area (Å²) in [6, 6.07) is 5.18. The average molecular weight is 371 g/mol. The van der Waals surface area contributed by atoms with E-state index in [0.29, 0.717) is 5.56 Å². The van der Waals surface area contributed by atoms with Gasteiger partial charge in [0.1, 0.15) is 11.8 Å². The number of phenols is 1. The van der Waals surface area contributed by atoms with Crippen molar-refractivity contribution >= 4 is 45.2 Å². The highest BCUT2D eigenvalue weighted by Gasteiger charge is 2.06. The van der Waals surface area contributed by atoms with Crippen molar-refractivity contribution in [1.29, 1.82) is 5.26 Å². The number of hydrogen-bond acceptors (Lipinski definition) is 2. The summed E-state index contributed by atoms with van der Waals surface area (Å²) < 4.78 is 1.55. The lowest BCUT2D eigenvalue weighted by Crippen LogP contribution is -1.85. The molecule has 0 amide bonds. The van der Waals surface area contributed by atoms with Gasteiger partial charge in [0.2, 0.25) is 0 Å². The second-order valence-electron chi connectivity index (χ2n) is 1.87. The molecule has 0 aliphatic rings. The normalized spacial score (nSPS) is 9.18. The molecule has 56 valence electrons. The summed E-state index contributed by atoms with van der Waals surface area (Å²) in [5.41, 5.74) is 0.604.